The van der Waals surface area contributed by atoms with E-state index in [1.54, 1.807) is 0 Å². The molecule has 2 heterocycles. The molecule has 7 heteroatoms. The monoisotopic (exact) mass is 434 g/mol. The average molecular weight is 435 g/mol. The smallest absolute Gasteiger partial charge is 0.225 e. The largest absolute Gasteiger partial charge is 0.345 e. The Balaban J connectivity index is 1.57. The maximum Gasteiger partial charge on any atom is 0.225 e. The predicted octanol–water partition coefficient (Wildman–Crippen LogP) is 5.04. The van der Waals surface area contributed by atoms with E-state index < -0.39 is 0 Å². The summed E-state index contributed by atoms with van der Waals surface area (Å²) in [6.07, 6.45) is 5.90. The molecule has 1 aliphatic rings. The molecule has 5 nitrogen and oxygen atoms in total. The summed E-state index contributed by atoms with van der Waals surface area (Å²) in [4.78, 5) is 22.0. The van der Waals surface area contributed by atoms with Gasteiger partial charge in [0.05, 0.1) is 0 Å². The fourth-order valence-electron chi connectivity index (χ4n) is 3.77. The maximum atomic E-state index is 12.9. The molecule has 2 aromatic rings. The molecule has 1 amide bonds. The molecule has 1 fully saturated rings. The van der Waals surface area contributed by atoms with Crippen LogP contribution in [0.1, 0.15) is 57.3 Å². The van der Waals surface area contributed by atoms with Crippen LogP contribution in [0.25, 0.3) is 0 Å². The second-order valence-electron chi connectivity index (χ2n) is 7.71. The lowest BCUT2D eigenvalue weighted by Crippen LogP contribution is -2.39. The number of amides is 1. The van der Waals surface area contributed by atoms with E-state index in [9.17, 15) is 4.79 Å². The summed E-state index contributed by atoms with van der Waals surface area (Å²) in [5, 5.41) is 1.70. The van der Waals surface area contributed by atoms with Gasteiger partial charge in [0, 0.05) is 55.1 Å². The molecule has 1 aromatic carbocycles. The molecule has 0 saturated carbocycles. The topological polar surface area (TPSA) is 49.3 Å². The summed E-state index contributed by atoms with van der Waals surface area (Å²) in [6, 6.07) is 7.82. The van der Waals surface area contributed by atoms with Gasteiger partial charge in [0.2, 0.25) is 11.0 Å². The van der Waals surface area contributed by atoms with Crippen molar-refractivity contribution in [2.24, 2.45) is 5.92 Å². The minimum absolute atomic E-state index is 0.175. The summed E-state index contributed by atoms with van der Waals surface area (Å²) >= 11 is 7.41. The van der Waals surface area contributed by atoms with Crippen LogP contribution >= 0.6 is 23.1 Å². The van der Waals surface area contributed by atoms with Gasteiger partial charge in [-0.05, 0) is 37.0 Å². The SMILES string of the molecule is CCCCC(CC)C(=O)N1CCCN(c2nc(Cc3ccc(Cl)cc3)ns2)CC1. The molecule has 0 N–H and O–H groups in total. The molecule has 29 heavy (non-hydrogen) atoms. The third kappa shape index (κ3) is 6.16. The van der Waals surface area contributed by atoms with Gasteiger partial charge in [-0.2, -0.15) is 4.37 Å². The van der Waals surface area contributed by atoms with Crippen molar-refractivity contribution < 1.29 is 4.79 Å². The maximum absolute atomic E-state index is 12.9. The van der Waals surface area contributed by atoms with Crippen molar-refractivity contribution in [1.29, 1.82) is 0 Å². The van der Waals surface area contributed by atoms with Crippen molar-refractivity contribution in [1.82, 2.24) is 14.3 Å². The van der Waals surface area contributed by atoms with E-state index in [4.69, 9.17) is 16.6 Å². The minimum Gasteiger partial charge on any atom is -0.345 e. The highest BCUT2D eigenvalue weighted by molar-refractivity contribution is 7.09. The number of rotatable bonds is 8. The van der Waals surface area contributed by atoms with Crippen molar-refractivity contribution in [2.45, 2.75) is 52.4 Å². The molecule has 0 spiro atoms. The number of hydrogen-bond donors (Lipinski definition) is 0. The number of unbranched alkanes of at least 4 members (excludes halogenated alkanes) is 1. The highest BCUT2D eigenvalue weighted by Crippen LogP contribution is 2.22. The van der Waals surface area contributed by atoms with Crippen LogP contribution in [0.4, 0.5) is 5.13 Å². The number of carbonyl (C=O) groups is 1. The molecule has 0 aliphatic carbocycles. The first-order valence-electron chi connectivity index (χ1n) is 10.7. The van der Waals surface area contributed by atoms with Crippen LogP contribution in [0.2, 0.25) is 5.02 Å². The van der Waals surface area contributed by atoms with Crippen LogP contribution in [0, 0.1) is 5.92 Å². The van der Waals surface area contributed by atoms with Crippen molar-refractivity contribution >= 4 is 34.2 Å². The summed E-state index contributed by atoms with van der Waals surface area (Å²) < 4.78 is 4.54. The number of benzene rings is 1. The van der Waals surface area contributed by atoms with Gasteiger partial charge < -0.3 is 9.80 Å². The minimum atomic E-state index is 0.175. The molecule has 3 rings (SSSR count). The molecular formula is C22H31ClN4OS. The van der Waals surface area contributed by atoms with Crippen LogP contribution in [-0.4, -0.2) is 46.3 Å². The standard InChI is InChI=1S/C22H31ClN4OS/c1-3-5-7-18(4-2)21(28)26-12-6-13-27(15-14-26)22-24-20(25-29-22)16-17-8-10-19(23)11-9-17/h8-11,18H,3-7,12-16H2,1-2H3. The molecule has 1 aromatic heterocycles. The van der Waals surface area contributed by atoms with E-state index in [1.165, 1.54) is 11.5 Å². The number of carbonyl (C=O) groups excluding carboxylic acids is 1. The zero-order chi connectivity index (χ0) is 20.6. The van der Waals surface area contributed by atoms with Crippen LogP contribution < -0.4 is 4.90 Å². The summed E-state index contributed by atoms with van der Waals surface area (Å²) in [5.41, 5.74) is 1.16. The normalized spacial score (nSPS) is 16.0. The lowest BCUT2D eigenvalue weighted by Gasteiger charge is -2.25. The summed E-state index contributed by atoms with van der Waals surface area (Å²) in [5.74, 6) is 1.35. The molecule has 1 aliphatic heterocycles. The van der Waals surface area contributed by atoms with E-state index in [0.717, 1.165) is 79.8 Å². The third-order valence-electron chi connectivity index (χ3n) is 5.56. The number of hydrogen-bond acceptors (Lipinski definition) is 5. The van der Waals surface area contributed by atoms with Crippen molar-refractivity contribution in [3.8, 4) is 0 Å². The van der Waals surface area contributed by atoms with Crippen LogP contribution in [0.15, 0.2) is 24.3 Å². The number of nitrogens with zero attached hydrogens (tertiary/aromatic N) is 4. The summed E-state index contributed by atoms with van der Waals surface area (Å²) in [7, 11) is 0. The number of anilines is 1. The molecular weight excluding hydrogens is 404 g/mol. The Bertz CT molecular complexity index is 779. The van der Waals surface area contributed by atoms with Gasteiger partial charge in [-0.25, -0.2) is 4.98 Å². The Kier molecular flexibility index (Phi) is 8.30. The van der Waals surface area contributed by atoms with Crippen LogP contribution in [0.3, 0.4) is 0 Å². The Morgan fingerprint density at radius 2 is 1.97 bits per heavy atom. The Labute approximate surface area is 183 Å². The highest BCUT2D eigenvalue weighted by Gasteiger charge is 2.25. The summed E-state index contributed by atoms with van der Waals surface area (Å²) in [6.45, 7) is 7.68. The first-order valence-corrected chi connectivity index (χ1v) is 11.9. The zero-order valence-electron chi connectivity index (χ0n) is 17.4. The average Bonchev–Trinajstić information content (AvgIpc) is 3.05. The first kappa shape index (κ1) is 22.0. The van der Waals surface area contributed by atoms with Gasteiger partial charge in [-0.15, -0.1) is 0 Å². The van der Waals surface area contributed by atoms with E-state index in [-0.39, 0.29) is 5.92 Å². The molecule has 1 atom stereocenters. The van der Waals surface area contributed by atoms with Crippen molar-refractivity contribution in [3.05, 3.63) is 40.7 Å². The van der Waals surface area contributed by atoms with Crippen LogP contribution in [-0.2, 0) is 11.2 Å². The fourth-order valence-corrected chi connectivity index (χ4v) is 4.63. The number of halogens is 1. The molecule has 0 bridgehead atoms. The second-order valence-corrected chi connectivity index (χ2v) is 8.88. The lowest BCUT2D eigenvalue weighted by atomic mass is 9.97. The molecule has 0 radical (unpaired) electrons. The molecule has 1 unspecified atom stereocenters. The Morgan fingerprint density at radius 3 is 2.69 bits per heavy atom. The van der Waals surface area contributed by atoms with E-state index in [1.807, 2.05) is 24.3 Å². The van der Waals surface area contributed by atoms with Gasteiger partial charge in [-0.3, -0.25) is 4.79 Å². The van der Waals surface area contributed by atoms with Crippen LogP contribution in [0.5, 0.6) is 0 Å². The van der Waals surface area contributed by atoms with E-state index in [2.05, 4.69) is 28.0 Å². The van der Waals surface area contributed by atoms with Gasteiger partial charge in [0.1, 0.15) is 5.82 Å². The van der Waals surface area contributed by atoms with Gasteiger partial charge in [0.15, 0.2) is 0 Å². The molecule has 158 valence electrons. The highest BCUT2D eigenvalue weighted by atomic mass is 35.5. The Morgan fingerprint density at radius 1 is 1.17 bits per heavy atom. The number of aromatic nitrogens is 2. The quantitative estimate of drug-likeness (QED) is 0.584. The first-order chi connectivity index (χ1) is 14.1. The zero-order valence-corrected chi connectivity index (χ0v) is 19.0. The molecule has 1 saturated heterocycles. The predicted molar refractivity (Wildman–Crippen MR) is 121 cm³/mol. The fraction of sp³-hybridized carbons (Fsp3) is 0.591. The van der Waals surface area contributed by atoms with Gasteiger partial charge >= 0.3 is 0 Å². The lowest BCUT2D eigenvalue weighted by molar-refractivity contribution is -0.135. The van der Waals surface area contributed by atoms with Crippen molar-refractivity contribution in [3.63, 3.8) is 0 Å². The van der Waals surface area contributed by atoms with Crippen molar-refractivity contribution in [2.75, 3.05) is 31.1 Å². The second kappa shape index (κ2) is 10.9. The van der Waals surface area contributed by atoms with E-state index >= 15 is 0 Å². The third-order valence-corrected chi connectivity index (χ3v) is 6.63. The van der Waals surface area contributed by atoms with E-state index in [0.29, 0.717) is 12.3 Å². The van der Waals surface area contributed by atoms with Gasteiger partial charge in [0.25, 0.3) is 0 Å². The van der Waals surface area contributed by atoms with Gasteiger partial charge in [-0.1, -0.05) is 50.4 Å². The Hall–Kier alpha value is -1.66.